The third-order valence-corrected chi connectivity index (χ3v) is 7.89. The Labute approximate surface area is 239 Å². The third-order valence-electron chi connectivity index (χ3n) is 7.89. The van der Waals surface area contributed by atoms with Crippen molar-refractivity contribution in [2.75, 3.05) is 0 Å². The number of fused-ring (bicyclic) bond motifs is 1. The lowest BCUT2D eigenvalue weighted by molar-refractivity contribution is -0.146. The lowest BCUT2D eigenvalue weighted by Gasteiger charge is -2.29. The molecule has 2 aliphatic heterocycles. The number of hydrogen-bond acceptors (Lipinski definition) is 8. The van der Waals surface area contributed by atoms with Crippen molar-refractivity contribution in [2.45, 2.75) is 129 Å². The van der Waals surface area contributed by atoms with Crippen molar-refractivity contribution < 1.29 is 39.5 Å². The molecule has 0 aliphatic carbocycles. The van der Waals surface area contributed by atoms with Gasteiger partial charge < -0.3 is 29.9 Å². The van der Waals surface area contributed by atoms with Gasteiger partial charge in [-0.2, -0.15) is 0 Å². The summed E-state index contributed by atoms with van der Waals surface area (Å²) in [6, 6.07) is 0. The van der Waals surface area contributed by atoms with Crippen molar-refractivity contribution in [3.05, 3.63) is 47.6 Å². The van der Waals surface area contributed by atoms with Gasteiger partial charge in [0.15, 0.2) is 5.78 Å². The van der Waals surface area contributed by atoms with Crippen molar-refractivity contribution in [1.29, 1.82) is 0 Å². The standard InChI is InChI=1S/C32H50O8/c1-19-13-20(2)15-28-27(40-28)12-10-8-9-11-21(3)31(37)39-24(6)16-22(4)29(35)30(36)26(34)17-25(33)18-32(7,38)23(5)14-19/h10-12,14,20,22,24-25,27-30,33,35-36,38H,1,8-9,13,15-18H2,2-7H3/b12-10+,21-11+,23-14+/t20?,22?,24?,25?,27?,28?,29?,30-,32?/m0/s1. The van der Waals surface area contributed by atoms with E-state index in [0.717, 1.165) is 24.8 Å². The number of allylic oxidation sites excluding steroid dienone is 4. The van der Waals surface area contributed by atoms with Gasteiger partial charge in [-0.1, -0.05) is 50.3 Å². The van der Waals surface area contributed by atoms with Gasteiger partial charge in [-0.3, -0.25) is 4.79 Å². The molecule has 0 radical (unpaired) electrons. The number of esters is 1. The molecule has 2 aliphatic rings. The summed E-state index contributed by atoms with van der Waals surface area (Å²) in [5.41, 5.74) is 0.569. The van der Waals surface area contributed by atoms with Gasteiger partial charge in [0.25, 0.3) is 0 Å². The summed E-state index contributed by atoms with van der Waals surface area (Å²) in [6.07, 6.45) is 5.95. The predicted molar refractivity (Wildman–Crippen MR) is 154 cm³/mol. The van der Waals surface area contributed by atoms with Crippen LogP contribution in [0.3, 0.4) is 0 Å². The van der Waals surface area contributed by atoms with E-state index < -0.39 is 54.1 Å². The molecule has 0 saturated carbocycles. The fourth-order valence-corrected chi connectivity index (χ4v) is 5.21. The molecule has 8 unspecified atom stereocenters. The molecule has 2 rings (SSSR count). The molecule has 2 heterocycles. The third kappa shape index (κ3) is 11.1. The molecule has 0 aromatic carbocycles. The molecule has 0 aromatic heterocycles. The van der Waals surface area contributed by atoms with Crippen LogP contribution >= 0.6 is 0 Å². The maximum Gasteiger partial charge on any atom is 0.333 e. The second-order valence-electron chi connectivity index (χ2n) is 12.2. The first-order valence-electron chi connectivity index (χ1n) is 14.5. The Morgan fingerprint density at radius 1 is 1.02 bits per heavy atom. The Bertz CT molecular complexity index is 977. The summed E-state index contributed by atoms with van der Waals surface area (Å²) in [7, 11) is 0. The topological polar surface area (TPSA) is 137 Å². The van der Waals surface area contributed by atoms with Gasteiger partial charge in [0.2, 0.25) is 0 Å². The van der Waals surface area contributed by atoms with E-state index in [-0.39, 0.29) is 25.0 Å². The number of carbonyl (C=O) groups is 2. The highest BCUT2D eigenvalue weighted by Gasteiger charge is 2.37. The minimum Gasteiger partial charge on any atom is -0.459 e. The number of aliphatic hydroxyl groups excluding tert-OH is 3. The number of aliphatic hydroxyl groups is 4. The number of ether oxygens (including phenoxy) is 2. The average molecular weight is 563 g/mol. The minimum atomic E-state index is -1.71. The fourth-order valence-electron chi connectivity index (χ4n) is 5.21. The fraction of sp³-hybridized carbons (Fsp3) is 0.688. The molecule has 1 saturated heterocycles. The van der Waals surface area contributed by atoms with Gasteiger partial charge in [-0.15, -0.1) is 0 Å². The van der Waals surface area contributed by atoms with Crippen LogP contribution in [0.25, 0.3) is 0 Å². The van der Waals surface area contributed by atoms with E-state index in [1.54, 1.807) is 34.6 Å². The van der Waals surface area contributed by atoms with Crippen molar-refractivity contribution in [3.8, 4) is 0 Å². The minimum absolute atomic E-state index is 0.100. The number of carbonyl (C=O) groups excluding carboxylic acids is 2. The molecule has 0 bridgehead atoms. The molecule has 1 fully saturated rings. The van der Waals surface area contributed by atoms with E-state index in [1.807, 2.05) is 12.2 Å². The van der Waals surface area contributed by atoms with E-state index in [0.29, 0.717) is 23.5 Å². The number of Topliss-reactive ketones (excluding diaryl/α,β-unsaturated/α-hetero) is 1. The van der Waals surface area contributed by atoms with Crippen LogP contribution in [0.15, 0.2) is 47.6 Å². The zero-order chi connectivity index (χ0) is 30.2. The van der Waals surface area contributed by atoms with E-state index in [1.165, 1.54) is 0 Å². The summed E-state index contributed by atoms with van der Waals surface area (Å²) in [4.78, 5) is 25.1. The quantitative estimate of drug-likeness (QED) is 0.197. The molecule has 9 atom stereocenters. The Morgan fingerprint density at radius 2 is 1.70 bits per heavy atom. The van der Waals surface area contributed by atoms with Gasteiger partial charge in [-0.05, 0) is 77.2 Å². The molecule has 0 spiro atoms. The second kappa shape index (κ2) is 15.2. The average Bonchev–Trinajstić information content (AvgIpc) is 3.58. The van der Waals surface area contributed by atoms with Gasteiger partial charge in [0.05, 0.1) is 30.0 Å². The van der Waals surface area contributed by atoms with Gasteiger partial charge in [-0.25, -0.2) is 4.79 Å². The van der Waals surface area contributed by atoms with E-state index >= 15 is 0 Å². The van der Waals surface area contributed by atoms with Crippen LogP contribution in [0.5, 0.6) is 0 Å². The van der Waals surface area contributed by atoms with Crippen LogP contribution in [0.2, 0.25) is 0 Å². The Morgan fingerprint density at radius 3 is 2.38 bits per heavy atom. The van der Waals surface area contributed by atoms with E-state index in [4.69, 9.17) is 9.47 Å². The van der Waals surface area contributed by atoms with Crippen LogP contribution in [0.1, 0.15) is 86.5 Å². The maximum absolute atomic E-state index is 12.6. The Kier molecular flexibility index (Phi) is 13.0. The van der Waals surface area contributed by atoms with Crippen molar-refractivity contribution >= 4 is 11.8 Å². The summed E-state index contributed by atoms with van der Waals surface area (Å²) in [6.45, 7) is 14.7. The first kappa shape index (κ1) is 34.1. The molecule has 4 N–H and O–H groups in total. The van der Waals surface area contributed by atoms with Crippen LogP contribution in [-0.4, -0.2) is 74.4 Å². The summed E-state index contributed by atoms with van der Waals surface area (Å²) >= 11 is 0. The van der Waals surface area contributed by atoms with Crippen molar-refractivity contribution in [2.24, 2.45) is 11.8 Å². The molecule has 0 amide bonds. The molecule has 0 aromatic rings. The number of ketones is 1. The number of rotatable bonds is 0. The van der Waals surface area contributed by atoms with Crippen LogP contribution in [0, 0.1) is 11.8 Å². The normalized spacial score (nSPS) is 42.0. The van der Waals surface area contributed by atoms with Gasteiger partial charge >= 0.3 is 5.97 Å². The lowest BCUT2D eigenvalue weighted by Crippen LogP contribution is -2.41. The largest absolute Gasteiger partial charge is 0.459 e. The molecular weight excluding hydrogens is 512 g/mol. The van der Waals surface area contributed by atoms with Crippen molar-refractivity contribution in [3.63, 3.8) is 0 Å². The first-order valence-corrected chi connectivity index (χ1v) is 14.5. The molecule has 8 nitrogen and oxygen atoms in total. The molecule has 8 heteroatoms. The Balaban J connectivity index is 2.15. The number of hydrogen-bond donors (Lipinski definition) is 4. The lowest BCUT2D eigenvalue weighted by atomic mass is 9.85. The van der Waals surface area contributed by atoms with Crippen LogP contribution < -0.4 is 0 Å². The zero-order valence-corrected chi connectivity index (χ0v) is 25.0. The van der Waals surface area contributed by atoms with Crippen molar-refractivity contribution in [1.82, 2.24) is 0 Å². The summed E-state index contributed by atoms with van der Waals surface area (Å²) in [5.74, 6) is -1.40. The van der Waals surface area contributed by atoms with Crippen LogP contribution in [0.4, 0.5) is 0 Å². The highest BCUT2D eigenvalue weighted by Crippen LogP contribution is 2.33. The maximum atomic E-state index is 12.6. The molecule has 40 heavy (non-hydrogen) atoms. The smallest absolute Gasteiger partial charge is 0.333 e. The van der Waals surface area contributed by atoms with Gasteiger partial charge in [0.1, 0.15) is 12.2 Å². The van der Waals surface area contributed by atoms with Crippen LogP contribution in [-0.2, 0) is 19.1 Å². The summed E-state index contributed by atoms with van der Waals surface area (Å²) < 4.78 is 11.3. The van der Waals surface area contributed by atoms with E-state index in [9.17, 15) is 30.0 Å². The Hall–Kier alpha value is -2.10. The molecule has 226 valence electrons. The SMILES string of the molecule is C=C1/C=C(\C)C(C)(O)CC(O)CC(=O)[C@H](O)C(O)C(C)CC(C)OC(=O)/C(C)=C/CC/C=C/C2OC2CC(C)C1. The monoisotopic (exact) mass is 562 g/mol. The zero-order valence-electron chi connectivity index (χ0n) is 25.0. The first-order chi connectivity index (χ1) is 18.6. The van der Waals surface area contributed by atoms with Gasteiger partial charge in [0, 0.05) is 18.4 Å². The molecular formula is C32H50O8. The highest BCUT2D eigenvalue weighted by atomic mass is 16.6. The number of epoxide rings is 1. The number of cyclic esters (lactones) is 1. The predicted octanol–water partition coefficient (Wildman–Crippen LogP) is 4.11. The second-order valence-corrected chi connectivity index (χ2v) is 12.2. The van der Waals surface area contributed by atoms with E-state index in [2.05, 4.69) is 25.7 Å². The summed E-state index contributed by atoms with van der Waals surface area (Å²) in [5, 5.41) is 42.6. The highest BCUT2D eigenvalue weighted by molar-refractivity contribution is 5.87.